The Balaban J connectivity index is 2.47. The molecule has 1 aliphatic rings. The van der Waals surface area contributed by atoms with Crippen molar-refractivity contribution in [3.8, 4) is 0 Å². The van der Waals surface area contributed by atoms with Gasteiger partial charge in [0.1, 0.15) is 0 Å². The first-order valence-electron chi connectivity index (χ1n) is 3.24. The lowest BCUT2D eigenvalue weighted by molar-refractivity contribution is 1.09. The van der Waals surface area contributed by atoms with Crippen LogP contribution in [-0.4, -0.2) is 5.62 Å². The van der Waals surface area contributed by atoms with Crippen molar-refractivity contribution in [3.05, 3.63) is 24.3 Å². The molecule has 0 saturated carbocycles. The third-order valence-electron chi connectivity index (χ3n) is 1.61. The lowest BCUT2D eigenvalue weighted by Crippen LogP contribution is -2.20. The van der Waals surface area contributed by atoms with Crippen LogP contribution in [0.2, 0.25) is 0 Å². The smallest absolute Gasteiger partial charge is 0.192 e. The van der Waals surface area contributed by atoms with Gasteiger partial charge in [-0.25, -0.2) is 4.42 Å². The zero-order valence-electron chi connectivity index (χ0n) is 5.59. The number of halogens is 2. The van der Waals surface area contributed by atoms with Crippen LogP contribution in [0.25, 0.3) is 0 Å². The van der Waals surface area contributed by atoms with Crippen molar-refractivity contribution in [2.24, 2.45) is 0 Å². The average molecular weight is 189 g/mol. The summed E-state index contributed by atoms with van der Waals surface area (Å²) in [5.74, 6) is 0. The maximum Gasteiger partial charge on any atom is 0.192 e. The highest BCUT2D eigenvalue weighted by Crippen LogP contribution is 2.36. The fraction of sp³-hybridized carbons (Fsp3) is 0.143. The van der Waals surface area contributed by atoms with Crippen LogP contribution < -0.4 is 9.74 Å². The highest BCUT2D eigenvalue weighted by Gasteiger charge is 2.24. The van der Waals surface area contributed by atoms with E-state index in [1.807, 2.05) is 24.3 Å². The molecule has 0 fully saturated rings. The Hall–Kier alpha value is -0.600. The monoisotopic (exact) mass is 188 g/mol. The summed E-state index contributed by atoms with van der Waals surface area (Å²) in [4.78, 5) is 0. The number of nitrogens with one attached hydrogen (secondary N) is 1. The third-order valence-corrected chi connectivity index (χ3v) is 2.39. The molecule has 2 rings (SSSR count). The van der Waals surface area contributed by atoms with Crippen LogP contribution in [-0.2, 0) is 0 Å². The second kappa shape index (κ2) is 2.47. The molecular weight excluding hydrogens is 183 g/mol. The Bertz CT molecular complexity index is 277. The normalized spacial score (nSPS) is 21.3. The molecule has 1 aromatic rings. The van der Waals surface area contributed by atoms with E-state index in [4.69, 9.17) is 23.4 Å². The van der Waals surface area contributed by atoms with Crippen LogP contribution in [0.1, 0.15) is 0 Å². The van der Waals surface area contributed by atoms with Crippen molar-refractivity contribution in [2.75, 3.05) is 9.74 Å². The molecule has 0 amide bonds. The van der Waals surface area contributed by atoms with Gasteiger partial charge in [0.25, 0.3) is 0 Å². The molecule has 1 aromatic carbocycles. The summed E-state index contributed by atoms with van der Waals surface area (Å²) < 4.78 is 1.47. The average Bonchev–Trinajstić information content (AvgIpc) is 2.30. The Labute approximate surface area is 74.8 Å². The van der Waals surface area contributed by atoms with Crippen LogP contribution in [0.5, 0.6) is 0 Å². The van der Waals surface area contributed by atoms with Crippen molar-refractivity contribution in [2.45, 2.75) is 5.62 Å². The van der Waals surface area contributed by atoms with E-state index in [0.29, 0.717) is 0 Å². The second-order valence-electron chi connectivity index (χ2n) is 2.31. The summed E-state index contributed by atoms with van der Waals surface area (Å²) >= 11 is 11.6. The zero-order chi connectivity index (χ0) is 7.84. The van der Waals surface area contributed by atoms with Crippen LogP contribution in [0.15, 0.2) is 24.3 Å². The van der Waals surface area contributed by atoms with E-state index in [1.54, 1.807) is 0 Å². The Kier molecular flexibility index (Phi) is 1.59. The summed E-state index contributed by atoms with van der Waals surface area (Å²) in [5, 5.41) is 3.01. The maximum atomic E-state index is 5.83. The summed E-state index contributed by atoms with van der Waals surface area (Å²) in [6, 6.07) is 7.71. The largest absolute Gasteiger partial charge is 0.350 e. The Morgan fingerprint density at radius 3 is 2.82 bits per heavy atom. The number of hydrogen-bond donors (Lipinski definition) is 1. The fourth-order valence-corrected chi connectivity index (χ4v) is 1.51. The van der Waals surface area contributed by atoms with Gasteiger partial charge in [0.05, 0.1) is 11.4 Å². The number of fused-ring (bicyclic) bond motifs is 1. The number of rotatable bonds is 0. The van der Waals surface area contributed by atoms with Gasteiger partial charge in [0.15, 0.2) is 5.62 Å². The van der Waals surface area contributed by atoms with Crippen molar-refractivity contribution in [1.29, 1.82) is 0 Å². The molecule has 1 N–H and O–H groups in total. The molecular formula is C7H6Cl2N2. The van der Waals surface area contributed by atoms with E-state index in [-0.39, 0.29) is 5.62 Å². The highest BCUT2D eigenvalue weighted by molar-refractivity contribution is 6.36. The molecule has 1 aliphatic heterocycles. The second-order valence-corrected chi connectivity index (χ2v) is 3.09. The van der Waals surface area contributed by atoms with Crippen LogP contribution >= 0.6 is 23.4 Å². The van der Waals surface area contributed by atoms with E-state index in [1.165, 1.54) is 4.42 Å². The molecule has 0 bridgehead atoms. The van der Waals surface area contributed by atoms with E-state index in [2.05, 4.69) is 5.32 Å². The van der Waals surface area contributed by atoms with Gasteiger partial charge in [-0.2, -0.15) is 0 Å². The van der Waals surface area contributed by atoms with Crippen LogP contribution in [0.3, 0.4) is 0 Å². The number of benzene rings is 1. The minimum atomic E-state index is -0.339. The molecule has 0 spiro atoms. The Morgan fingerprint density at radius 1 is 1.36 bits per heavy atom. The fourth-order valence-electron chi connectivity index (χ4n) is 1.09. The van der Waals surface area contributed by atoms with Gasteiger partial charge in [-0.05, 0) is 12.1 Å². The van der Waals surface area contributed by atoms with Crippen molar-refractivity contribution in [1.82, 2.24) is 0 Å². The van der Waals surface area contributed by atoms with Crippen molar-refractivity contribution < 1.29 is 0 Å². The van der Waals surface area contributed by atoms with E-state index < -0.39 is 0 Å². The molecule has 4 heteroatoms. The van der Waals surface area contributed by atoms with Crippen molar-refractivity contribution in [3.63, 3.8) is 0 Å². The van der Waals surface area contributed by atoms with Gasteiger partial charge in [0, 0.05) is 11.8 Å². The number of anilines is 2. The predicted octanol–water partition coefficient (Wildman–Crippen LogP) is 2.59. The van der Waals surface area contributed by atoms with Gasteiger partial charge in [-0.3, -0.25) is 0 Å². The minimum Gasteiger partial charge on any atom is -0.350 e. The van der Waals surface area contributed by atoms with Gasteiger partial charge >= 0.3 is 0 Å². The summed E-state index contributed by atoms with van der Waals surface area (Å²) in [6.45, 7) is 0. The first kappa shape index (κ1) is 7.07. The number of hydrogen-bond acceptors (Lipinski definition) is 2. The SMILES string of the molecule is ClC1Nc2ccccc2N1Cl. The van der Waals surface area contributed by atoms with Gasteiger partial charge in [-0.1, -0.05) is 23.7 Å². The van der Waals surface area contributed by atoms with E-state index >= 15 is 0 Å². The molecule has 1 heterocycles. The predicted molar refractivity (Wildman–Crippen MR) is 48.0 cm³/mol. The zero-order valence-corrected chi connectivity index (χ0v) is 7.10. The number of alkyl halides is 1. The first-order valence-corrected chi connectivity index (χ1v) is 4.01. The van der Waals surface area contributed by atoms with Gasteiger partial charge < -0.3 is 5.32 Å². The molecule has 58 valence electrons. The van der Waals surface area contributed by atoms with E-state index in [9.17, 15) is 0 Å². The van der Waals surface area contributed by atoms with Crippen LogP contribution in [0, 0.1) is 0 Å². The van der Waals surface area contributed by atoms with Gasteiger partial charge in [0.2, 0.25) is 0 Å². The van der Waals surface area contributed by atoms with Gasteiger partial charge in [-0.15, -0.1) is 0 Å². The summed E-state index contributed by atoms with van der Waals surface area (Å²) in [7, 11) is 0. The first-order chi connectivity index (χ1) is 5.29. The lowest BCUT2D eigenvalue weighted by Gasteiger charge is -2.10. The summed E-state index contributed by atoms with van der Waals surface area (Å²) in [6.07, 6.45) is 0. The molecule has 1 unspecified atom stereocenters. The topological polar surface area (TPSA) is 15.3 Å². The van der Waals surface area contributed by atoms with E-state index in [0.717, 1.165) is 11.4 Å². The quantitative estimate of drug-likeness (QED) is 0.383. The maximum absolute atomic E-state index is 5.83. The Morgan fingerprint density at radius 2 is 2.09 bits per heavy atom. The van der Waals surface area contributed by atoms with Crippen LogP contribution in [0.4, 0.5) is 11.4 Å². The third kappa shape index (κ3) is 1.03. The number of nitrogens with zero attached hydrogens (tertiary/aromatic N) is 1. The standard InChI is InChI=1S/C7H6Cl2N2/c8-7-10-5-3-1-2-4-6(5)11(7)9/h1-4,7,10H. The molecule has 11 heavy (non-hydrogen) atoms. The highest BCUT2D eigenvalue weighted by atomic mass is 35.5. The molecule has 0 radical (unpaired) electrons. The molecule has 2 nitrogen and oxygen atoms in total. The molecule has 0 saturated heterocycles. The lowest BCUT2D eigenvalue weighted by atomic mass is 10.3. The molecule has 0 aliphatic carbocycles. The molecule has 1 atom stereocenters. The minimum absolute atomic E-state index is 0.339. The van der Waals surface area contributed by atoms with Crippen molar-refractivity contribution >= 4 is 34.8 Å². The molecule has 0 aromatic heterocycles. The summed E-state index contributed by atoms with van der Waals surface area (Å²) in [5.41, 5.74) is 1.56. The number of para-hydroxylation sites is 2.